The molecule has 0 atom stereocenters. The monoisotopic (exact) mass is 203 g/mol. The highest BCUT2D eigenvalue weighted by atomic mass is 15.3. The number of rotatable bonds is 4. The lowest BCUT2D eigenvalue weighted by atomic mass is 10.2. The van der Waals surface area contributed by atoms with Crippen molar-refractivity contribution in [1.29, 1.82) is 5.41 Å². The molecule has 1 rings (SSSR count). The fourth-order valence-corrected chi connectivity index (χ4v) is 1.32. The Morgan fingerprint density at radius 2 is 2.33 bits per heavy atom. The summed E-state index contributed by atoms with van der Waals surface area (Å²) in [6.07, 6.45) is 4.65. The van der Waals surface area contributed by atoms with Crippen LogP contribution < -0.4 is 5.49 Å². The summed E-state index contributed by atoms with van der Waals surface area (Å²) >= 11 is 0. The third kappa shape index (κ3) is 2.91. The van der Waals surface area contributed by atoms with Crippen molar-refractivity contribution in [3.05, 3.63) is 42.0 Å². The van der Waals surface area contributed by atoms with Gasteiger partial charge >= 0.3 is 0 Å². The van der Waals surface area contributed by atoms with Gasteiger partial charge < -0.3 is 0 Å². The van der Waals surface area contributed by atoms with Crippen LogP contribution in [-0.4, -0.2) is 9.78 Å². The van der Waals surface area contributed by atoms with E-state index >= 15 is 0 Å². The van der Waals surface area contributed by atoms with Crippen LogP contribution in [0.3, 0.4) is 0 Å². The van der Waals surface area contributed by atoms with Gasteiger partial charge in [-0.15, -0.1) is 0 Å². The summed E-state index contributed by atoms with van der Waals surface area (Å²) in [6.45, 7) is 8.51. The fourth-order valence-electron chi connectivity index (χ4n) is 1.32. The quantitative estimate of drug-likeness (QED) is 0.750. The zero-order valence-corrected chi connectivity index (χ0v) is 9.33. The SMILES string of the molecule is C=C/C=C(\C)c1ccc(=N)n(CCC)n1. The molecule has 1 heterocycles. The number of nitrogens with zero attached hydrogens (tertiary/aromatic N) is 2. The number of nitrogens with one attached hydrogen (secondary N) is 1. The lowest BCUT2D eigenvalue weighted by Gasteiger charge is -2.06. The third-order valence-corrected chi connectivity index (χ3v) is 2.11. The first kappa shape index (κ1) is 11.4. The van der Waals surface area contributed by atoms with Crippen LogP contribution >= 0.6 is 0 Å². The van der Waals surface area contributed by atoms with E-state index in [9.17, 15) is 0 Å². The molecule has 0 aromatic carbocycles. The van der Waals surface area contributed by atoms with Crippen LogP contribution in [0.25, 0.3) is 5.57 Å². The van der Waals surface area contributed by atoms with Gasteiger partial charge in [0.2, 0.25) is 0 Å². The predicted molar refractivity (Wildman–Crippen MR) is 62.2 cm³/mol. The van der Waals surface area contributed by atoms with Crippen molar-refractivity contribution in [2.75, 3.05) is 0 Å². The van der Waals surface area contributed by atoms with Gasteiger partial charge in [0.05, 0.1) is 5.69 Å². The topological polar surface area (TPSA) is 41.7 Å². The first-order valence-corrected chi connectivity index (χ1v) is 5.11. The number of hydrogen-bond donors (Lipinski definition) is 1. The van der Waals surface area contributed by atoms with Crippen molar-refractivity contribution < 1.29 is 0 Å². The van der Waals surface area contributed by atoms with Crippen molar-refractivity contribution in [1.82, 2.24) is 9.78 Å². The van der Waals surface area contributed by atoms with Crippen molar-refractivity contribution in [2.24, 2.45) is 0 Å². The molecule has 0 radical (unpaired) electrons. The van der Waals surface area contributed by atoms with E-state index in [4.69, 9.17) is 5.41 Å². The van der Waals surface area contributed by atoms with Gasteiger partial charge in [0.15, 0.2) is 0 Å². The Balaban J connectivity index is 3.12. The molecule has 0 bridgehead atoms. The van der Waals surface area contributed by atoms with E-state index in [0.29, 0.717) is 5.49 Å². The molecule has 0 aliphatic heterocycles. The Kier molecular flexibility index (Phi) is 4.03. The highest BCUT2D eigenvalue weighted by molar-refractivity contribution is 5.61. The van der Waals surface area contributed by atoms with Gasteiger partial charge in [-0.1, -0.05) is 25.7 Å². The second-order valence-electron chi connectivity index (χ2n) is 3.41. The molecule has 15 heavy (non-hydrogen) atoms. The number of allylic oxidation sites excluding steroid dienone is 3. The Bertz CT molecular complexity index is 427. The van der Waals surface area contributed by atoms with E-state index < -0.39 is 0 Å². The summed E-state index contributed by atoms with van der Waals surface area (Å²) in [5.41, 5.74) is 2.42. The van der Waals surface area contributed by atoms with Gasteiger partial charge in [0.25, 0.3) is 0 Å². The van der Waals surface area contributed by atoms with Gasteiger partial charge in [0, 0.05) is 6.54 Å². The maximum Gasteiger partial charge on any atom is 0.141 e. The smallest absolute Gasteiger partial charge is 0.141 e. The van der Waals surface area contributed by atoms with Crippen LogP contribution in [-0.2, 0) is 6.54 Å². The summed E-state index contributed by atoms with van der Waals surface area (Å²) in [7, 11) is 0. The first-order valence-electron chi connectivity index (χ1n) is 5.11. The number of hydrogen-bond acceptors (Lipinski definition) is 2. The van der Waals surface area contributed by atoms with E-state index in [1.54, 1.807) is 16.8 Å². The molecule has 1 aromatic rings. The largest absolute Gasteiger partial charge is 0.283 e. The molecular weight excluding hydrogens is 186 g/mol. The van der Waals surface area contributed by atoms with Crippen molar-refractivity contribution in [3.63, 3.8) is 0 Å². The Morgan fingerprint density at radius 3 is 2.93 bits per heavy atom. The fraction of sp³-hybridized carbons (Fsp3) is 0.333. The van der Waals surface area contributed by atoms with Gasteiger partial charge in [-0.3, -0.25) is 5.41 Å². The summed E-state index contributed by atoms with van der Waals surface area (Å²) in [6, 6.07) is 3.64. The highest BCUT2D eigenvalue weighted by Crippen LogP contribution is 2.08. The molecule has 0 saturated heterocycles. The standard InChI is InChI=1S/C12H17N3/c1-4-6-10(3)11-7-8-12(13)15(14-11)9-5-2/h4,6-8,13H,1,5,9H2,2-3H3/b10-6+,13-12?. The lowest BCUT2D eigenvalue weighted by molar-refractivity contribution is 0.551. The molecule has 1 N–H and O–H groups in total. The Morgan fingerprint density at radius 1 is 1.60 bits per heavy atom. The molecule has 0 unspecified atom stereocenters. The van der Waals surface area contributed by atoms with Gasteiger partial charge in [-0.2, -0.15) is 5.10 Å². The van der Waals surface area contributed by atoms with E-state index in [0.717, 1.165) is 24.2 Å². The molecule has 0 amide bonds. The molecule has 0 aliphatic rings. The molecule has 1 aromatic heterocycles. The minimum atomic E-state index is 0.451. The maximum atomic E-state index is 7.67. The van der Waals surface area contributed by atoms with Crippen LogP contribution in [0.15, 0.2) is 30.9 Å². The summed E-state index contributed by atoms with van der Waals surface area (Å²) < 4.78 is 1.72. The van der Waals surface area contributed by atoms with Crippen molar-refractivity contribution in [3.8, 4) is 0 Å². The highest BCUT2D eigenvalue weighted by Gasteiger charge is 1.99. The van der Waals surface area contributed by atoms with E-state index in [1.165, 1.54) is 0 Å². The average Bonchev–Trinajstić information content (AvgIpc) is 2.22. The van der Waals surface area contributed by atoms with Crippen molar-refractivity contribution in [2.45, 2.75) is 26.8 Å². The van der Waals surface area contributed by atoms with Gasteiger partial charge in [0.1, 0.15) is 5.49 Å². The minimum Gasteiger partial charge on any atom is -0.283 e. The molecule has 0 aliphatic carbocycles. The van der Waals surface area contributed by atoms with Gasteiger partial charge in [-0.05, 0) is 31.1 Å². The zero-order valence-electron chi connectivity index (χ0n) is 9.33. The molecule has 80 valence electrons. The first-order chi connectivity index (χ1) is 7.19. The minimum absolute atomic E-state index is 0.451. The summed E-state index contributed by atoms with van der Waals surface area (Å²) in [5.74, 6) is 0. The predicted octanol–water partition coefficient (Wildman–Crippen LogP) is 2.36. The van der Waals surface area contributed by atoms with Crippen LogP contribution in [0.4, 0.5) is 0 Å². The lowest BCUT2D eigenvalue weighted by Crippen LogP contribution is -2.22. The summed E-state index contributed by atoms with van der Waals surface area (Å²) in [5, 5.41) is 12.1. The van der Waals surface area contributed by atoms with Crippen LogP contribution in [0.1, 0.15) is 26.0 Å². The average molecular weight is 203 g/mol. The zero-order chi connectivity index (χ0) is 11.3. The molecule has 0 spiro atoms. The van der Waals surface area contributed by atoms with Gasteiger partial charge in [-0.25, -0.2) is 4.68 Å². The normalized spacial score (nSPS) is 11.5. The van der Waals surface area contributed by atoms with Crippen LogP contribution in [0.5, 0.6) is 0 Å². The molecule has 3 heteroatoms. The maximum absolute atomic E-state index is 7.67. The molecule has 3 nitrogen and oxygen atoms in total. The van der Waals surface area contributed by atoms with Crippen molar-refractivity contribution >= 4 is 5.57 Å². The second-order valence-corrected chi connectivity index (χ2v) is 3.41. The molecular formula is C12H17N3. The second kappa shape index (κ2) is 5.29. The molecule has 0 fully saturated rings. The number of aryl methyl sites for hydroxylation is 1. The summed E-state index contributed by atoms with van der Waals surface area (Å²) in [4.78, 5) is 0. The third-order valence-electron chi connectivity index (χ3n) is 2.11. The molecule has 0 saturated carbocycles. The Labute approximate surface area is 90.3 Å². The Hall–Kier alpha value is -1.64. The van der Waals surface area contributed by atoms with E-state index in [2.05, 4.69) is 18.6 Å². The van der Waals surface area contributed by atoms with E-state index in [-0.39, 0.29) is 0 Å². The van der Waals surface area contributed by atoms with Crippen LogP contribution in [0, 0.1) is 5.41 Å². The number of aromatic nitrogens is 2. The van der Waals surface area contributed by atoms with Crippen LogP contribution in [0.2, 0.25) is 0 Å². The van der Waals surface area contributed by atoms with E-state index in [1.807, 2.05) is 19.1 Å².